The number of rotatable bonds is 2. The van der Waals surface area contributed by atoms with Crippen LogP contribution < -0.4 is 4.74 Å². The molecule has 0 bridgehead atoms. The number of hydrogen-bond donors (Lipinski definition) is 0. The lowest BCUT2D eigenvalue weighted by Gasteiger charge is -2.32. The Balaban J connectivity index is 1.53. The Hall–Kier alpha value is -2.26. The summed E-state index contributed by atoms with van der Waals surface area (Å²) in [6.45, 7) is 0.846. The van der Waals surface area contributed by atoms with Gasteiger partial charge in [0, 0.05) is 23.1 Å². The van der Waals surface area contributed by atoms with E-state index in [1.165, 1.54) is 18.2 Å². The number of carbonyl (C=O) groups excluding carboxylic acids is 1. The second-order valence-electron chi connectivity index (χ2n) is 6.67. The number of nitrogens with zero attached hydrogens (tertiary/aromatic N) is 2. The van der Waals surface area contributed by atoms with E-state index in [2.05, 4.69) is 20.3 Å². The minimum atomic E-state index is -3.72. The maximum atomic E-state index is 13.9. The van der Waals surface area contributed by atoms with Crippen molar-refractivity contribution in [3.8, 4) is 5.75 Å². The van der Waals surface area contributed by atoms with Gasteiger partial charge in [-0.1, -0.05) is 28.1 Å². The molecule has 146 valence electrons. The number of likely N-dealkylation sites (tertiary alicyclic amines) is 1. The first-order valence-electron chi connectivity index (χ1n) is 8.71. The van der Waals surface area contributed by atoms with Crippen molar-refractivity contribution in [3.05, 3.63) is 58.3 Å². The quantitative estimate of drug-likeness (QED) is 0.500. The number of sulfonamides is 1. The number of piperidine rings is 1. The van der Waals surface area contributed by atoms with Gasteiger partial charge in [-0.25, -0.2) is 4.39 Å². The third kappa shape index (κ3) is 3.56. The van der Waals surface area contributed by atoms with Crippen LogP contribution in [0.4, 0.5) is 4.39 Å². The van der Waals surface area contributed by atoms with E-state index >= 15 is 0 Å². The zero-order valence-corrected chi connectivity index (χ0v) is 17.0. The molecule has 0 saturated carbocycles. The zero-order valence-electron chi connectivity index (χ0n) is 14.6. The lowest BCUT2D eigenvalue weighted by Crippen LogP contribution is -2.43. The molecule has 0 N–H and O–H groups in total. The first-order valence-corrected chi connectivity index (χ1v) is 10.9. The molecule has 2 aliphatic heterocycles. The van der Waals surface area contributed by atoms with Crippen molar-refractivity contribution >= 4 is 37.8 Å². The predicted molar refractivity (Wildman–Crippen MR) is 104 cm³/mol. The molecule has 0 amide bonds. The highest BCUT2D eigenvalue weighted by atomic mass is 79.9. The molecule has 0 radical (unpaired) electrons. The molecule has 0 aliphatic carbocycles. The molecule has 1 fully saturated rings. The number of halogens is 2. The Kier molecular flexibility index (Phi) is 4.96. The SMILES string of the molecule is O=C(Oc1ccc(Br)cc1F)C1CCCN(C2=NS(=O)(=O)c3ccccc32)C1. The van der Waals surface area contributed by atoms with Gasteiger partial charge in [0.15, 0.2) is 17.4 Å². The molecule has 0 aromatic heterocycles. The summed E-state index contributed by atoms with van der Waals surface area (Å²) in [4.78, 5) is 14.5. The lowest BCUT2D eigenvalue weighted by molar-refractivity contribution is -0.140. The van der Waals surface area contributed by atoms with E-state index in [1.807, 2.05) is 0 Å². The minimum Gasteiger partial charge on any atom is -0.423 e. The average Bonchev–Trinajstić information content (AvgIpc) is 2.96. The van der Waals surface area contributed by atoms with Crippen LogP contribution in [0, 0.1) is 11.7 Å². The highest BCUT2D eigenvalue weighted by Crippen LogP contribution is 2.30. The first-order chi connectivity index (χ1) is 13.3. The van der Waals surface area contributed by atoms with Gasteiger partial charge in [-0.15, -0.1) is 4.40 Å². The van der Waals surface area contributed by atoms with Crippen molar-refractivity contribution in [2.75, 3.05) is 13.1 Å². The molecule has 4 rings (SSSR count). The van der Waals surface area contributed by atoms with Gasteiger partial charge in [-0.2, -0.15) is 8.42 Å². The molecule has 2 heterocycles. The highest BCUT2D eigenvalue weighted by molar-refractivity contribution is 9.10. The lowest BCUT2D eigenvalue weighted by atomic mass is 9.97. The van der Waals surface area contributed by atoms with Crippen molar-refractivity contribution in [3.63, 3.8) is 0 Å². The van der Waals surface area contributed by atoms with E-state index in [1.54, 1.807) is 29.2 Å². The van der Waals surface area contributed by atoms with Crippen LogP contribution in [0.1, 0.15) is 18.4 Å². The third-order valence-corrected chi connectivity index (χ3v) is 6.59. The molecule has 2 aromatic carbocycles. The van der Waals surface area contributed by atoms with E-state index < -0.39 is 27.7 Å². The molecule has 1 unspecified atom stereocenters. The van der Waals surface area contributed by atoms with Crippen molar-refractivity contribution in [1.82, 2.24) is 4.90 Å². The number of fused-ring (bicyclic) bond motifs is 1. The van der Waals surface area contributed by atoms with Crippen LogP contribution >= 0.6 is 15.9 Å². The van der Waals surface area contributed by atoms with E-state index in [0.717, 1.165) is 0 Å². The van der Waals surface area contributed by atoms with Gasteiger partial charge in [-0.3, -0.25) is 4.79 Å². The van der Waals surface area contributed by atoms with Crippen molar-refractivity contribution in [1.29, 1.82) is 0 Å². The standard InChI is InChI=1S/C19H16BrFN2O4S/c20-13-7-8-16(15(21)10-13)27-19(24)12-4-3-9-23(11-12)18-14-5-1-2-6-17(14)28(25,26)22-18/h1-2,5-8,10,12H,3-4,9,11H2. The molecule has 1 saturated heterocycles. The molecule has 0 spiro atoms. The monoisotopic (exact) mass is 466 g/mol. The normalized spacial score (nSPS) is 20.4. The van der Waals surface area contributed by atoms with Crippen LogP contribution in [-0.4, -0.2) is 38.2 Å². The molecular weight excluding hydrogens is 451 g/mol. The molecule has 9 heteroatoms. The number of hydrogen-bond acceptors (Lipinski definition) is 5. The Labute approximate surface area is 170 Å². The summed E-state index contributed by atoms with van der Waals surface area (Å²) >= 11 is 3.16. The minimum absolute atomic E-state index is 0.128. The average molecular weight is 467 g/mol. The maximum absolute atomic E-state index is 13.9. The summed E-state index contributed by atoms with van der Waals surface area (Å²) in [5.41, 5.74) is 0.537. The van der Waals surface area contributed by atoms with Gasteiger partial charge in [0.25, 0.3) is 10.0 Å². The Morgan fingerprint density at radius 3 is 2.82 bits per heavy atom. The Morgan fingerprint density at radius 2 is 2.04 bits per heavy atom. The van der Waals surface area contributed by atoms with E-state index in [4.69, 9.17) is 4.74 Å². The zero-order chi connectivity index (χ0) is 19.9. The van der Waals surface area contributed by atoms with Crippen LogP contribution in [0.2, 0.25) is 0 Å². The Morgan fingerprint density at radius 1 is 1.25 bits per heavy atom. The van der Waals surface area contributed by atoms with Crippen LogP contribution in [0.3, 0.4) is 0 Å². The highest BCUT2D eigenvalue weighted by Gasteiger charge is 2.35. The maximum Gasteiger partial charge on any atom is 0.316 e. The number of carbonyl (C=O) groups is 1. The molecule has 2 aromatic rings. The molecule has 1 atom stereocenters. The smallest absolute Gasteiger partial charge is 0.316 e. The third-order valence-electron chi connectivity index (χ3n) is 4.77. The second-order valence-corrected chi connectivity index (χ2v) is 9.16. The van der Waals surface area contributed by atoms with Crippen molar-refractivity contribution < 1.29 is 22.3 Å². The van der Waals surface area contributed by atoms with Crippen LogP contribution in [0.5, 0.6) is 5.75 Å². The van der Waals surface area contributed by atoms with Crippen LogP contribution in [-0.2, 0) is 14.8 Å². The molecule has 2 aliphatic rings. The topological polar surface area (TPSA) is 76.0 Å². The number of esters is 1. The van der Waals surface area contributed by atoms with Crippen LogP contribution in [0.15, 0.2) is 56.2 Å². The summed E-state index contributed by atoms with van der Waals surface area (Å²) in [6.07, 6.45) is 1.25. The van der Waals surface area contributed by atoms with Gasteiger partial charge in [0.05, 0.1) is 5.92 Å². The largest absolute Gasteiger partial charge is 0.423 e. The van der Waals surface area contributed by atoms with Crippen molar-refractivity contribution in [2.45, 2.75) is 17.7 Å². The van der Waals surface area contributed by atoms with Gasteiger partial charge in [-0.05, 0) is 43.2 Å². The van der Waals surface area contributed by atoms with Gasteiger partial charge < -0.3 is 9.64 Å². The van der Waals surface area contributed by atoms with Crippen LogP contribution in [0.25, 0.3) is 0 Å². The first kappa shape index (κ1) is 19.1. The molecule has 28 heavy (non-hydrogen) atoms. The van der Waals surface area contributed by atoms with E-state index in [-0.39, 0.29) is 17.2 Å². The summed E-state index contributed by atoms with van der Waals surface area (Å²) in [5, 5.41) is 0. The Bertz CT molecular complexity index is 1090. The van der Waals surface area contributed by atoms with Crippen molar-refractivity contribution in [2.24, 2.45) is 10.3 Å². The summed E-state index contributed by atoms with van der Waals surface area (Å²) in [6, 6.07) is 10.8. The van der Waals surface area contributed by atoms with Gasteiger partial charge >= 0.3 is 5.97 Å². The van der Waals surface area contributed by atoms with Gasteiger partial charge in [0.1, 0.15) is 4.90 Å². The fourth-order valence-corrected chi connectivity index (χ4v) is 4.99. The van der Waals surface area contributed by atoms with E-state index in [0.29, 0.717) is 35.3 Å². The number of benzene rings is 2. The summed E-state index contributed by atoms with van der Waals surface area (Å²) in [5.74, 6) is -1.45. The second kappa shape index (κ2) is 7.29. The van der Waals surface area contributed by atoms with E-state index in [9.17, 15) is 17.6 Å². The van der Waals surface area contributed by atoms with Gasteiger partial charge in [0.2, 0.25) is 0 Å². The fraction of sp³-hybridized carbons (Fsp3) is 0.263. The summed E-state index contributed by atoms with van der Waals surface area (Å²) < 4.78 is 48.2. The number of amidine groups is 1. The molecular formula is C19H16BrFN2O4S. The summed E-state index contributed by atoms with van der Waals surface area (Å²) in [7, 11) is -3.72. The number of ether oxygens (including phenoxy) is 1. The fourth-order valence-electron chi connectivity index (χ4n) is 3.43. The predicted octanol–water partition coefficient (Wildman–Crippen LogP) is 3.35. The molecule has 6 nitrogen and oxygen atoms in total.